The maximum absolute atomic E-state index is 12.4. The molecule has 6 nitrogen and oxygen atoms in total. The molecule has 29 heavy (non-hydrogen) atoms. The number of para-hydroxylation sites is 1. The third kappa shape index (κ3) is 5.77. The van der Waals surface area contributed by atoms with Gasteiger partial charge in [-0.05, 0) is 42.5 Å². The number of carbonyl (C=O) groups excluding carboxylic acids is 2. The highest BCUT2D eigenvalue weighted by molar-refractivity contribution is 6.03. The van der Waals surface area contributed by atoms with Gasteiger partial charge in [-0.15, -0.1) is 0 Å². The number of nitrogens with zero attached hydrogens (tertiary/aromatic N) is 1. The summed E-state index contributed by atoms with van der Waals surface area (Å²) in [4.78, 5) is 28.8. The molecule has 1 heterocycles. The van der Waals surface area contributed by atoms with E-state index in [0.717, 1.165) is 11.3 Å². The van der Waals surface area contributed by atoms with E-state index in [2.05, 4.69) is 15.6 Å². The highest BCUT2D eigenvalue weighted by Gasteiger charge is 2.07. The second-order valence-corrected chi connectivity index (χ2v) is 6.15. The lowest BCUT2D eigenvalue weighted by Crippen LogP contribution is -2.23. The van der Waals surface area contributed by atoms with Crippen LogP contribution in [-0.2, 0) is 11.3 Å². The summed E-state index contributed by atoms with van der Waals surface area (Å²) < 4.78 is 5.26. The Balaban J connectivity index is 1.61. The highest BCUT2D eigenvalue weighted by Crippen LogP contribution is 2.18. The molecule has 1 aromatic heterocycles. The number of nitrogens with one attached hydrogen (secondary N) is 2. The first-order chi connectivity index (χ1) is 14.2. The molecule has 146 valence electrons. The van der Waals surface area contributed by atoms with E-state index >= 15 is 0 Å². The molecule has 2 N–H and O–H groups in total. The summed E-state index contributed by atoms with van der Waals surface area (Å²) in [5.41, 5.74) is 2.55. The van der Waals surface area contributed by atoms with Gasteiger partial charge < -0.3 is 15.4 Å². The van der Waals surface area contributed by atoms with E-state index in [1.165, 1.54) is 6.08 Å². The summed E-state index contributed by atoms with van der Waals surface area (Å²) in [6.45, 7) is 0.331. The summed E-state index contributed by atoms with van der Waals surface area (Å²) in [7, 11) is 1.58. The lowest BCUT2D eigenvalue weighted by atomic mass is 10.1. The van der Waals surface area contributed by atoms with Crippen LogP contribution in [0.5, 0.6) is 5.75 Å². The Morgan fingerprint density at radius 1 is 1.03 bits per heavy atom. The minimum Gasteiger partial charge on any atom is -0.496 e. The Hall–Kier alpha value is -3.93. The molecule has 0 fully saturated rings. The second-order valence-electron chi connectivity index (χ2n) is 6.15. The number of aromatic nitrogens is 1. The Morgan fingerprint density at radius 3 is 2.66 bits per heavy atom. The molecule has 0 unspecified atom stereocenters. The first-order valence-corrected chi connectivity index (χ1v) is 9.06. The van der Waals surface area contributed by atoms with Crippen molar-refractivity contribution in [3.05, 3.63) is 95.8 Å². The fourth-order valence-electron chi connectivity index (χ4n) is 2.67. The number of benzene rings is 2. The van der Waals surface area contributed by atoms with E-state index in [4.69, 9.17) is 4.74 Å². The normalized spacial score (nSPS) is 10.5. The average Bonchev–Trinajstić information content (AvgIpc) is 2.77. The maximum Gasteiger partial charge on any atom is 0.251 e. The predicted octanol–water partition coefficient (Wildman–Crippen LogP) is 3.67. The molecule has 0 saturated carbocycles. The first-order valence-electron chi connectivity index (χ1n) is 9.06. The topological polar surface area (TPSA) is 80.3 Å². The molecule has 0 saturated heterocycles. The van der Waals surface area contributed by atoms with Gasteiger partial charge in [-0.2, -0.15) is 0 Å². The number of hydrogen-bond acceptors (Lipinski definition) is 4. The first kappa shape index (κ1) is 19.8. The molecular weight excluding hydrogens is 366 g/mol. The summed E-state index contributed by atoms with van der Waals surface area (Å²) in [6, 6.07) is 19.7. The second kappa shape index (κ2) is 9.85. The van der Waals surface area contributed by atoms with Crippen LogP contribution in [0.1, 0.15) is 21.6 Å². The van der Waals surface area contributed by atoms with Crippen molar-refractivity contribution in [2.45, 2.75) is 6.54 Å². The van der Waals surface area contributed by atoms with E-state index in [-0.39, 0.29) is 11.8 Å². The number of pyridine rings is 1. The Labute approximate surface area is 169 Å². The van der Waals surface area contributed by atoms with Gasteiger partial charge in [0, 0.05) is 29.1 Å². The number of amides is 2. The molecule has 0 atom stereocenters. The molecule has 2 amide bonds. The van der Waals surface area contributed by atoms with Crippen LogP contribution in [0.25, 0.3) is 6.08 Å². The van der Waals surface area contributed by atoms with Crippen LogP contribution >= 0.6 is 0 Å². The SMILES string of the molecule is COc1ccccc1C=CC(=O)Nc1cccc(C(=O)NCc2ccccn2)c1. The van der Waals surface area contributed by atoms with E-state index in [9.17, 15) is 9.59 Å². The number of carbonyl (C=O) groups is 2. The molecule has 6 heteroatoms. The molecule has 0 radical (unpaired) electrons. The van der Waals surface area contributed by atoms with Gasteiger partial charge in [0.1, 0.15) is 5.75 Å². The number of rotatable bonds is 7. The van der Waals surface area contributed by atoms with Gasteiger partial charge in [-0.25, -0.2) is 0 Å². The Bertz CT molecular complexity index is 1020. The van der Waals surface area contributed by atoms with E-state index in [1.54, 1.807) is 43.6 Å². The van der Waals surface area contributed by atoms with Crippen LogP contribution in [0, 0.1) is 0 Å². The minimum absolute atomic E-state index is 0.240. The lowest BCUT2D eigenvalue weighted by Gasteiger charge is -2.07. The molecule has 3 aromatic rings. The molecule has 0 bridgehead atoms. The van der Waals surface area contributed by atoms with Crippen LogP contribution in [-0.4, -0.2) is 23.9 Å². The summed E-state index contributed by atoms with van der Waals surface area (Å²) >= 11 is 0. The molecule has 0 aliphatic rings. The van der Waals surface area contributed by atoms with E-state index in [1.807, 2.05) is 42.5 Å². The van der Waals surface area contributed by atoms with E-state index in [0.29, 0.717) is 23.5 Å². The number of anilines is 1. The van der Waals surface area contributed by atoms with Crippen LogP contribution in [0.4, 0.5) is 5.69 Å². The van der Waals surface area contributed by atoms with Gasteiger partial charge >= 0.3 is 0 Å². The zero-order valence-electron chi connectivity index (χ0n) is 16.0. The van der Waals surface area contributed by atoms with Gasteiger partial charge in [-0.3, -0.25) is 14.6 Å². The molecular formula is C23H21N3O3. The molecule has 3 rings (SSSR count). The van der Waals surface area contributed by atoms with Gasteiger partial charge in [0.25, 0.3) is 5.91 Å². The van der Waals surface area contributed by atoms with Crippen LogP contribution in [0.3, 0.4) is 0 Å². The van der Waals surface area contributed by atoms with Gasteiger partial charge in [0.15, 0.2) is 0 Å². The van der Waals surface area contributed by atoms with E-state index < -0.39 is 0 Å². The molecule has 0 aliphatic heterocycles. The van der Waals surface area contributed by atoms with Crippen molar-refractivity contribution < 1.29 is 14.3 Å². The quantitative estimate of drug-likeness (QED) is 0.606. The lowest BCUT2D eigenvalue weighted by molar-refractivity contribution is -0.111. The third-order valence-electron chi connectivity index (χ3n) is 4.10. The van der Waals surface area contributed by atoms with Crippen LogP contribution in [0.2, 0.25) is 0 Å². The Kier molecular flexibility index (Phi) is 6.73. The third-order valence-corrected chi connectivity index (χ3v) is 4.10. The fraction of sp³-hybridized carbons (Fsp3) is 0.0870. The monoisotopic (exact) mass is 387 g/mol. The van der Waals surface area contributed by atoms with Crippen molar-refractivity contribution in [3.63, 3.8) is 0 Å². The van der Waals surface area contributed by atoms with Crippen molar-refractivity contribution in [3.8, 4) is 5.75 Å². The maximum atomic E-state index is 12.4. The zero-order chi connectivity index (χ0) is 20.5. The highest BCUT2D eigenvalue weighted by atomic mass is 16.5. The summed E-state index contributed by atoms with van der Waals surface area (Å²) in [5.74, 6) is 0.140. The number of methoxy groups -OCH3 is 1. The largest absolute Gasteiger partial charge is 0.496 e. The van der Waals surface area contributed by atoms with Crippen molar-refractivity contribution in [1.82, 2.24) is 10.3 Å². The standard InChI is InChI=1S/C23H21N3O3/c1-29-21-11-3-2-7-17(21)12-13-22(27)26-19-10-6-8-18(15-19)23(28)25-16-20-9-4-5-14-24-20/h2-15H,16H2,1H3,(H,25,28)(H,26,27). The van der Waals surface area contributed by atoms with Gasteiger partial charge in [0.05, 0.1) is 19.3 Å². The Morgan fingerprint density at radius 2 is 1.86 bits per heavy atom. The van der Waals surface area contributed by atoms with Crippen molar-refractivity contribution in [2.24, 2.45) is 0 Å². The van der Waals surface area contributed by atoms with Crippen molar-refractivity contribution in [2.75, 3.05) is 12.4 Å². The summed E-state index contributed by atoms with van der Waals surface area (Å²) in [5, 5.41) is 5.57. The van der Waals surface area contributed by atoms with Gasteiger partial charge in [-0.1, -0.05) is 30.3 Å². The molecule has 2 aromatic carbocycles. The van der Waals surface area contributed by atoms with Crippen molar-refractivity contribution >= 4 is 23.6 Å². The fourth-order valence-corrected chi connectivity index (χ4v) is 2.67. The smallest absolute Gasteiger partial charge is 0.251 e. The zero-order valence-corrected chi connectivity index (χ0v) is 16.0. The van der Waals surface area contributed by atoms with Crippen LogP contribution < -0.4 is 15.4 Å². The minimum atomic E-state index is -0.304. The summed E-state index contributed by atoms with van der Waals surface area (Å²) in [6.07, 6.45) is 4.78. The van der Waals surface area contributed by atoms with Crippen molar-refractivity contribution in [1.29, 1.82) is 0 Å². The van der Waals surface area contributed by atoms with Gasteiger partial charge in [0.2, 0.25) is 5.91 Å². The average molecular weight is 387 g/mol. The predicted molar refractivity (Wildman–Crippen MR) is 113 cm³/mol. The number of ether oxygens (including phenoxy) is 1. The van der Waals surface area contributed by atoms with Crippen LogP contribution in [0.15, 0.2) is 79.0 Å². The number of hydrogen-bond donors (Lipinski definition) is 2. The molecule has 0 aliphatic carbocycles. The molecule has 0 spiro atoms.